The summed E-state index contributed by atoms with van der Waals surface area (Å²) in [4.78, 5) is 22.6. The van der Waals surface area contributed by atoms with Crippen molar-refractivity contribution in [3.05, 3.63) is 39.4 Å². The lowest BCUT2D eigenvalue weighted by Gasteiger charge is -2.11. The van der Waals surface area contributed by atoms with Crippen LogP contribution in [0.1, 0.15) is 35.7 Å². The molecule has 1 rings (SSSR count). The SMILES string of the molecule is CCCC(Br)CNC(=O)c1cccc([N+](=O)[O-])c1C. The number of hydrogen-bond acceptors (Lipinski definition) is 3. The molecule has 1 atom stereocenters. The minimum absolute atomic E-state index is 0.0309. The highest BCUT2D eigenvalue weighted by Gasteiger charge is 2.18. The first-order valence-electron chi connectivity index (χ1n) is 6.13. The van der Waals surface area contributed by atoms with Crippen LogP contribution >= 0.6 is 15.9 Å². The number of nitro benzene ring substituents is 1. The molecule has 19 heavy (non-hydrogen) atoms. The van der Waals surface area contributed by atoms with Gasteiger partial charge in [-0.25, -0.2) is 0 Å². The van der Waals surface area contributed by atoms with Crippen LogP contribution in [0.25, 0.3) is 0 Å². The molecule has 0 aliphatic rings. The molecule has 0 spiro atoms. The van der Waals surface area contributed by atoms with Gasteiger partial charge in [-0.05, 0) is 19.4 Å². The van der Waals surface area contributed by atoms with Gasteiger partial charge in [-0.1, -0.05) is 35.3 Å². The Bertz CT molecular complexity index is 477. The van der Waals surface area contributed by atoms with Crippen molar-refractivity contribution in [2.75, 3.05) is 6.54 Å². The van der Waals surface area contributed by atoms with Gasteiger partial charge in [-0.2, -0.15) is 0 Å². The molecule has 0 aliphatic carbocycles. The number of carbonyl (C=O) groups is 1. The molecular weight excluding hydrogens is 312 g/mol. The summed E-state index contributed by atoms with van der Waals surface area (Å²) in [5, 5.41) is 13.6. The van der Waals surface area contributed by atoms with E-state index in [1.54, 1.807) is 13.0 Å². The summed E-state index contributed by atoms with van der Waals surface area (Å²) < 4.78 is 0. The average molecular weight is 329 g/mol. The topological polar surface area (TPSA) is 72.2 Å². The first-order valence-corrected chi connectivity index (χ1v) is 7.05. The zero-order valence-corrected chi connectivity index (χ0v) is 12.6. The second-order valence-corrected chi connectivity index (χ2v) is 5.60. The first-order chi connectivity index (χ1) is 8.97. The lowest BCUT2D eigenvalue weighted by molar-refractivity contribution is -0.385. The van der Waals surface area contributed by atoms with Crippen LogP contribution in [0.3, 0.4) is 0 Å². The van der Waals surface area contributed by atoms with E-state index >= 15 is 0 Å². The molecule has 1 aromatic rings. The van der Waals surface area contributed by atoms with Crippen molar-refractivity contribution >= 4 is 27.5 Å². The van der Waals surface area contributed by atoms with Gasteiger partial charge in [-0.3, -0.25) is 14.9 Å². The van der Waals surface area contributed by atoms with Crippen molar-refractivity contribution in [3.8, 4) is 0 Å². The van der Waals surface area contributed by atoms with Crippen LogP contribution in [0, 0.1) is 17.0 Å². The number of nitrogens with one attached hydrogen (secondary N) is 1. The second-order valence-electron chi connectivity index (χ2n) is 4.30. The standard InChI is InChI=1S/C13H17BrN2O3/c1-3-5-10(14)8-15-13(17)11-6-4-7-12(9(11)2)16(18)19/h4,6-7,10H,3,5,8H2,1-2H3,(H,15,17). The Hall–Kier alpha value is -1.43. The van der Waals surface area contributed by atoms with Crippen LogP contribution in [-0.4, -0.2) is 22.2 Å². The summed E-state index contributed by atoms with van der Waals surface area (Å²) in [6, 6.07) is 4.52. The van der Waals surface area contributed by atoms with Crippen molar-refractivity contribution in [2.45, 2.75) is 31.5 Å². The predicted octanol–water partition coefficient (Wildman–Crippen LogP) is 3.20. The van der Waals surface area contributed by atoms with Crippen molar-refractivity contribution < 1.29 is 9.72 Å². The van der Waals surface area contributed by atoms with Crippen LogP contribution in [0.15, 0.2) is 18.2 Å². The van der Waals surface area contributed by atoms with E-state index in [2.05, 4.69) is 28.2 Å². The number of carbonyl (C=O) groups excluding carboxylic acids is 1. The minimum atomic E-state index is -0.476. The van der Waals surface area contributed by atoms with Crippen molar-refractivity contribution in [1.29, 1.82) is 0 Å². The van der Waals surface area contributed by atoms with Gasteiger partial charge in [0.1, 0.15) is 0 Å². The molecule has 6 heteroatoms. The van der Waals surface area contributed by atoms with Crippen LogP contribution in [0.5, 0.6) is 0 Å². The molecule has 5 nitrogen and oxygen atoms in total. The third-order valence-corrected chi connectivity index (χ3v) is 3.61. The molecule has 1 amide bonds. The number of alkyl halides is 1. The maximum Gasteiger partial charge on any atom is 0.273 e. The summed E-state index contributed by atoms with van der Waals surface area (Å²) in [5.41, 5.74) is 0.716. The van der Waals surface area contributed by atoms with E-state index in [0.29, 0.717) is 17.7 Å². The number of benzene rings is 1. The number of rotatable bonds is 6. The van der Waals surface area contributed by atoms with Gasteiger partial charge in [0.15, 0.2) is 0 Å². The summed E-state index contributed by atoms with van der Waals surface area (Å²) in [6.45, 7) is 4.17. The lowest BCUT2D eigenvalue weighted by Crippen LogP contribution is -2.30. The fourth-order valence-corrected chi connectivity index (χ4v) is 2.40. The van der Waals surface area contributed by atoms with Gasteiger partial charge in [-0.15, -0.1) is 0 Å². The van der Waals surface area contributed by atoms with E-state index < -0.39 is 4.92 Å². The third kappa shape index (κ3) is 4.31. The summed E-state index contributed by atoms with van der Waals surface area (Å²) in [6.07, 6.45) is 2.00. The van der Waals surface area contributed by atoms with E-state index in [4.69, 9.17) is 0 Å². The molecule has 0 bridgehead atoms. The van der Waals surface area contributed by atoms with Crippen molar-refractivity contribution in [3.63, 3.8) is 0 Å². The largest absolute Gasteiger partial charge is 0.351 e. The Morgan fingerprint density at radius 2 is 2.21 bits per heavy atom. The van der Waals surface area contributed by atoms with Crippen molar-refractivity contribution in [2.24, 2.45) is 0 Å². The number of nitrogens with zero attached hydrogens (tertiary/aromatic N) is 1. The molecule has 1 N–H and O–H groups in total. The van der Waals surface area contributed by atoms with Gasteiger partial charge in [0.25, 0.3) is 11.6 Å². The second kappa shape index (κ2) is 7.23. The smallest absolute Gasteiger partial charge is 0.273 e. The van der Waals surface area contributed by atoms with E-state index in [-0.39, 0.29) is 16.4 Å². The molecular formula is C13H17BrN2O3. The number of amides is 1. The van der Waals surface area contributed by atoms with Gasteiger partial charge >= 0.3 is 0 Å². The highest BCUT2D eigenvalue weighted by atomic mass is 79.9. The van der Waals surface area contributed by atoms with Crippen LogP contribution in [0.2, 0.25) is 0 Å². The maximum atomic E-state index is 12.0. The van der Waals surface area contributed by atoms with Gasteiger partial charge in [0, 0.05) is 28.6 Å². The van der Waals surface area contributed by atoms with Crippen molar-refractivity contribution in [1.82, 2.24) is 5.32 Å². The normalized spacial score (nSPS) is 11.9. The Balaban J connectivity index is 2.78. The van der Waals surface area contributed by atoms with E-state index in [0.717, 1.165) is 12.8 Å². The first kappa shape index (κ1) is 15.6. The van der Waals surface area contributed by atoms with Crippen LogP contribution in [0.4, 0.5) is 5.69 Å². The fourth-order valence-electron chi connectivity index (χ4n) is 1.78. The molecule has 1 unspecified atom stereocenters. The molecule has 104 valence electrons. The molecule has 0 radical (unpaired) electrons. The Labute approximate surface area is 120 Å². The molecule has 0 heterocycles. The molecule has 0 saturated carbocycles. The molecule has 0 aliphatic heterocycles. The van der Waals surface area contributed by atoms with Gasteiger partial charge in [0.2, 0.25) is 0 Å². The Kier molecular flexibility index (Phi) is 5.95. The van der Waals surface area contributed by atoms with Gasteiger partial charge < -0.3 is 5.32 Å². The highest BCUT2D eigenvalue weighted by Crippen LogP contribution is 2.21. The molecule has 0 aromatic heterocycles. The predicted molar refractivity (Wildman–Crippen MR) is 77.8 cm³/mol. The number of hydrogen-bond donors (Lipinski definition) is 1. The summed E-state index contributed by atoms with van der Waals surface area (Å²) >= 11 is 3.47. The maximum absolute atomic E-state index is 12.0. The fraction of sp³-hybridized carbons (Fsp3) is 0.462. The molecule has 0 fully saturated rings. The molecule has 0 saturated heterocycles. The highest BCUT2D eigenvalue weighted by molar-refractivity contribution is 9.09. The minimum Gasteiger partial charge on any atom is -0.351 e. The number of nitro groups is 1. The summed E-state index contributed by atoms with van der Waals surface area (Å²) in [7, 11) is 0. The Morgan fingerprint density at radius 1 is 1.53 bits per heavy atom. The monoisotopic (exact) mass is 328 g/mol. The van der Waals surface area contributed by atoms with Crippen LogP contribution < -0.4 is 5.32 Å². The average Bonchev–Trinajstić information content (AvgIpc) is 2.36. The van der Waals surface area contributed by atoms with E-state index in [1.165, 1.54) is 12.1 Å². The van der Waals surface area contributed by atoms with E-state index in [1.807, 2.05) is 0 Å². The van der Waals surface area contributed by atoms with E-state index in [9.17, 15) is 14.9 Å². The molecule has 1 aromatic carbocycles. The van der Waals surface area contributed by atoms with Gasteiger partial charge in [0.05, 0.1) is 4.92 Å². The summed E-state index contributed by atoms with van der Waals surface area (Å²) in [5.74, 6) is -0.276. The zero-order chi connectivity index (χ0) is 14.4. The zero-order valence-electron chi connectivity index (χ0n) is 11.0. The Morgan fingerprint density at radius 3 is 2.79 bits per heavy atom. The quantitative estimate of drug-likeness (QED) is 0.495. The number of halogens is 1. The van der Waals surface area contributed by atoms with Crippen LogP contribution in [-0.2, 0) is 0 Å². The third-order valence-electron chi connectivity index (χ3n) is 2.83. The lowest BCUT2D eigenvalue weighted by atomic mass is 10.1.